The van der Waals surface area contributed by atoms with Crippen molar-refractivity contribution in [3.8, 4) is 0 Å². The highest BCUT2D eigenvalue weighted by Gasteiger charge is 2.47. The predicted octanol–water partition coefficient (Wildman–Crippen LogP) is 2.25. The summed E-state index contributed by atoms with van der Waals surface area (Å²) < 4.78 is 5.04. The lowest BCUT2D eigenvalue weighted by Gasteiger charge is -2.43. The van der Waals surface area contributed by atoms with Gasteiger partial charge in [-0.3, -0.25) is 4.79 Å². The summed E-state index contributed by atoms with van der Waals surface area (Å²) in [5.74, 6) is 0.466. The number of esters is 1. The molecule has 92 valence electrons. The fraction of sp³-hybridized carbons (Fsp3) is 0.923. The maximum Gasteiger partial charge on any atom is 0.326 e. The molecule has 0 amide bonds. The van der Waals surface area contributed by atoms with Gasteiger partial charge in [-0.25, -0.2) is 0 Å². The topological polar surface area (TPSA) is 38.3 Å². The molecule has 1 saturated heterocycles. The third-order valence-electron chi connectivity index (χ3n) is 4.29. The molecule has 2 fully saturated rings. The molecule has 16 heavy (non-hydrogen) atoms. The molecular formula is C13H23NO2. The van der Waals surface area contributed by atoms with Gasteiger partial charge in [0.05, 0.1) is 7.11 Å². The minimum absolute atomic E-state index is 0.0286. The molecule has 0 spiro atoms. The van der Waals surface area contributed by atoms with E-state index in [0.29, 0.717) is 5.92 Å². The van der Waals surface area contributed by atoms with Crippen LogP contribution in [-0.4, -0.2) is 25.2 Å². The van der Waals surface area contributed by atoms with E-state index >= 15 is 0 Å². The van der Waals surface area contributed by atoms with Gasteiger partial charge in [0.25, 0.3) is 0 Å². The van der Waals surface area contributed by atoms with Gasteiger partial charge >= 0.3 is 5.97 Å². The smallest absolute Gasteiger partial charge is 0.326 e. The molecule has 1 unspecified atom stereocenters. The summed E-state index contributed by atoms with van der Waals surface area (Å²) >= 11 is 0. The van der Waals surface area contributed by atoms with Crippen LogP contribution in [0.5, 0.6) is 0 Å². The van der Waals surface area contributed by atoms with Crippen LogP contribution in [0.1, 0.15) is 51.4 Å². The van der Waals surface area contributed by atoms with Crippen molar-refractivity contribution in [1.29, 1.82) is 0 Å². The summed E-state index contributed by atoms with van der Waals surface area (Å²) in [5, 5.41) is 3.48. The van der Waals surface area contributed by atoms with Crippen molar-refractivity contribution in [3.05, 3.63) is 0 Å². The van der Waals surface area contributed by atoms with Crippen molar-refractivity contribution in [3.63, 3.8) is 0 Å². The van der Waals surface area contributed by atoms with Crippen LogP contribution in [0, 0.1) is 5.92 Å². The number of carbonyl (C=O) groups excluding carboxylic acids is 1. The molecule has 1 aliphatic carbocycles. The van der Waals surface area contributed by atoms with Gasteiger partial charge in [-0.1, -0.05) is 19.3 Å². The van der Waals surface area contributed by atoms with Gasteiger partial charge in [-0.15, -0.1) is 0 Å². The van der Waals surface area contributed by atoms with E-state index in [-0.39, 0.29) is 11.5 Å². The molecule has 2 aliphatic rings. The van der Waals surface area contributed by atoms with Crippen molar-refractivity contribution in [2.24, 2.45) is 5.92 Å². The monoisotopic (exact) mass is 225 g/mol. The largest absolute Gasteiger partial charge is 0.468 e. The van der Waals surface area contributed by atoms with Gasteiger partial charge in [0.15, 0.2) is 0 Å². The second-order valence-electron chi connectivity index (χ2n) is 5.18. The number of hydrogen-bond acceptors (Lipinski definition) is 3. The van der Waals surface area contributed by atoms with Crippen LogP contribution in [0.15, 0.2) is 0 Å². The number of hydrogen-bond donors (Lipinski definition) is 1. The van der Waals surface area contributed by atoms with Crippen molar-refractivity contribution >= 4 is 5.97 Å². The van der Waals surface area contributed by atoms with Gasteiger partial charge < -0.3 is 10.1 Å². The lowest BCUT2D eigenvalue weighted by Crippen LogP contribution is -2.60. The highest BCUT2D eigenvalue weighted by atomic mass is 16.5. The van der Waals surface area contributed by atoms with E-state index < -0.39 is 0 Å². The fourth-order valence-electron chi connectivity index (χ4n) is 3.40. The van der Waals surface area contributed by atoms with E-state index in [4.69, 9.17) is 4.74 Å². The maximum atomic E-state index is 12.1. The molecule has 0 bridgehead atoms. The molecule has 3 nitrogen and oxygen atoms in total. The first-order valence-electron chi connectivity index (χ1n) is 6.63. The quantitative estimate of drug-likeness (QED) is 0.733. The lowest BCUT2D eigenvalue weighted by atomic mass is 9.71. The number of nitrogens with one attached hydrogen (secondary N) is 1. The van der Waals surface area contributed by atoms with Gasteiger partial charge in [-0.2, -0.15) is 0 Å². The van der Waals surface area contributed by atoms with Crippen molar-refractivity contribution in [1.82, 2.24) is 5.32 Å². The van der Waals surface area contributed by atoms with Gasteiger partial charge in [0.1, 0.15) is 5.54 Å². The lowest BCUT2D eigenvalue weighted by molar-refractivity contribution is -0.153. The van der Waals surface area contributed by atoms with Crippen LogP contribution in [0.3, 0.4) is 0 Å². The summed E-state index contributed by atoms with van der Waals surface area (Å²) in [4.78, 5) is 12.1. The zero-order chi connectivity index (χ0) is 11.4. The zero-order valence-corrected chi connectivity index (χ0v) is 10.3. The number of rotatable bonds is 2. The van der Waals surface area contributed by atoms with Crippen LogP contribution >= 0.6 is 0 Å². The molecular weight excluding hydrogens is 202 g/mol. The first-order valence-corrected chi connectivity index (χ1v) is 6.63. The van der Waals surface area contributed by atoms with Crippen LogP contribution < -0.4 is 5.32 Å². The van der Waals surface area contributed by atoms with Crippen LogP contribution in [0.2, 0.25) is 0 Å². The number of carbonyl (C=O) groups is 1. The van der Waals surface area contributed by atoms with E-state index in [2.05, 4.69) is 5.32 Å². The van der Waals surface area contributed by atoms with Gasteiger partial charge in [0.2, 0.25) is 0 Å². The van der Waals surface area contributed by atoms with Crippen molar-refractivity contribution in [2.45, 2.75) is 56.9 Å². The minimum atomic E-state index is -0.354. The average molecular weight is 225 g/mol. The molecule has 2 rings (SSSR count). The maximum absolute atomic E-state index is 12.1. The summed E-state index contributed by atoms with van der Waals surface area (Å²) in [6.07, 6.45) is 9.53. The van der Waals surface area contributed by atoms with E-state index in [0.717, 1.165) is 19.4 Å². The summed E-state index contributed by atoms with van der Waals surface area (Å²) in [6.45, 7) is 0.964. The van der Waals surface area contributed by atoms with E-state index in [9.17, 15) is 4.79 Å². The molecule has 1 aliphatic heterocycles. The summed E-state index contributed by atoms with van der Waals surface area (Å²) in [6, 6.07) is 0. The molecule has 1 heterocycles. The Morgan fingerprint density at radius 3 is 2.50 bits per heavy atom. The second kappa shape index (κ2) is 5.17. The minimum Gasteiger partial charge on any atom is -0.468 e. The first-order chi connectivity index (χ1) is 7.79. The average Bonchev–Trinajstić information content (AvgIpc) is 2.39. The molecule has 3 heteroatoms. The fourth-order valence-corrected chi connectivity index (χ4v) is 3.40. The molecule has 0 aromatic heterocycles. The summed E-state index contributed by atoms with van der Waals surface area (Å²) in [7, 11) is 1.52. The Balaban J connectivity index is 2.14. The Labute approximate surface area is 97.9 Å². The Morgan fingerprint density at radius 2 is 1.94 bits per heavy atom. The molecule has 0 aromatic carbocycles. The number of piperidine rings is 1. The number of methoxy groups -OCH3 is 1. The van der Waals surface area contributed by atoms with Crippen molar-refractivity contribution < 1.29 is 9.53 Å². The van der Waals surface area contributed by atoms with Crippen molar-refractivity contribution in [2.75, 3.05) is 13.7 Å². The van der Waals surface area contributed by atoms with E-state index in [1.165, 1.54) is 45.6 Å². The molecule has 1 N–H and O–H groups in total. The normalized spacial score (nSPS) is 32.3. The second-order valence-corrected chi connectivity index (χ2v) is 5.18. The van der Waals surface area contributed by atoms with Gasteiger partial charge in [0, 0.05) is 0 Å². The standard InChI is InChI=1S/C13H23NO2/c1-16-12(15)13(9-5-6-10-14-13)11-7-3-2-4-8-11/h11,14H,2-10H2,1H3. The Hall–Kier alpha value is -0.570. The summed E-state index contributed by atoms with van der Waals surface area (Å²) in [5.41, 5.74) is -0.354. The van der Waals surface area contributed by atoms with Crippen LogP contribution in [0.25, 0.3) is 0 Å². The third kappa shape index (κ3) is 2.10. The first kappa shape index (κ1) is 11.9. The Morgan fingerprint density at radius 1 is 1.19 bits per heavy atom. The third-order valence-corrected chi connectivity index (χ3v) is 4.29. The Bertz CT molecular complexity index is 240. The zero-order valence-electron chi connectivity index (χ0n) is 10.3. The van der Waals surface area contributed by atoms with E-state index in [1.807, 2.05) is 0 Å². The highest BCUT2D eigenvalue weighted by Crippen LogP contribution is 2.38. The van der Waals surface area contributed by atoms with Crippen LogP contribution in [0.4, 0.5) is 0 Å². The predicted molar refractivity (Wildman–Crippen MR) is 63.2 cm³/mol. The molecule has 1 saturated carbocycles. The van der Waals surface area contributed by atoms with E-state index in [1.54, 1.807) is 0 Å². The van der Waals surface area contributed by atoms with Crippen LogP contribution in [-0.2, 0) is 9.53 Å². The number of ether oxygens (including phenoxy) is 1. The Kier molecular flexibility index (Phi) is 3.85. The SMILES string of the molecule is COC(=O)C1(C2CCCCC2)CCCCN1. The molecule has 1 atom stereocenters. The van der Waals surface area contributed by atoms with Gasteiger partial charge in [-0.05, 0) is 44.6 Å². The highest BCUT2D eigenvalue weighted by molar-refractivity contribution is 5.81. The molecule has 0 aromatic rings. The molecule has 0 radical (unpaired) electrons.